The summed E-state index contributed by atoms with van der Waals surface area (Å²) in [6.45, 7) is 0. The van der Waals surface area contributed by atoms with E-state index in [0.29, 0.717) is 34.7 Å². The molecular formula is C14H15ClN2O2. The molecule has 4 nitrogen and oxygen atoms in total. The highest BCUT2D eigenvalue weighted by Crippen LogP contribution is 2.25. The first-order valence-corrected chi connectivity index (χ1v) is 6.54. The van der Waals surface area contributed by atoms with E-state index in [4.69, 9.17) is 17.3 Å². The summed E-state index contributed by atoms with van der Waals surface area (Å²) >= 11 is 5.78. The Kier molecular flexibility index (Phi) is 4.22. The van der Waals surface area contributed by atoms with Crippen molar-refractivity contribution in [2.75, 3.05) is 5.32 Å². The van der Waals surface area contributed by atoms with E-state index in [1.807, 2.05) is 0 Å². The van der Waals surface area contributed by atoms with Crippen LogP contribution in [0.1, 0.15) is 25.7 Å². The molecule has 5 heteroatoms. The van der Waals surface area contributed by atoms with Crippen LogP contribution in [0.5, 0.6) is 0 Å². The van der Waals surface area contributed by atoms with Gasteiger partial charge in [0.05, 0.1) is 0 Å². The minimum Gasteiger partial charge on any atom is -0.366 e. The Morgan fingerprint density at radius 1 is 1.05 bits per heavy atom. The van der Waals surface area contributed by atoms with E-state index < -0.39 is 5.91 Å². The summed E-state index contributed by atoms with van der Waals surface area (Å²) in [5, 5.41) is 3.36. The molecule has 3 N–H and O–H groups in total. The van der Waals surface area contributed by atoms with Crippen LogP contribution >= 0.6 is 11.6 Å². The van der Waals surface area contributed by atoms with Crippen molar-refractivity contribution >= 4 is 29.1 Å². The molecule has 2 amide bonds. The third-order valence-corrected chi connectivity index (χ3v) is 3.39. The second-order valence-electron chi connectivity index (χ2n) is 4.49. The Hall–Kier alpha value is -1.81. The molecule has 1 aromatic rings. The van der Waals surface area contributed by atoms with E-state index in [0.717, 1.165) is 12.8 Å². The maximum atomic E-state index is 12.2. The van der Waals surface area contributed by atoms with Gasteiger partial charge in [0, 0.05) is 21.9 Å². The second-order valence-corrected chi connectivity index (χ2v) is 4.93. The summed E-state index contributed by atoms with van der Waals surface area (Å²) in [7, 11) is 0. The molecule has 0 aliphatic heterocycles. The number of hydrogen-bond donors (Lipinski definition) is 2. The van der Waals surface area contributed by atoms with Crippen LogP contribution in [0.4, 0.5) is 5.69 Å². The number of nitrogens with one attached hydrogen (secondary N) is 1. The van der Waals surface area contributed by atoms with Gasteiger partial charge in [-0.3, -0.25) is 9.59 Å². The van der Waals surface area contributed by atoms with Gasteiger partial charge in [-0.2, -0.15) is 0 Å². The van der Waals surface area contributed by atoms with Gasteiger partial charge in [-0.1, -0.05) is 11.6 Å². The molecule has 0 saturated heterocycles. The number of carbonyl (C=O) groups is 2. The molecule has 2 rings (SSSR count). The first-order valence-electron chi connectivity index (χ1n) is 6.16. The maximum Gasteiger partial charge on any atom is 0.252 e. The quantitative estimate of drug-likeness (QED) is 0.892. The van der Waals surface area contributed by atoms with Crippen LogP contribution in [0.15, 0.2) is 35.4 Å². The number of carbonyl (C=O) groups excluding carboxylic acids is 2. The molecule has 100 valence electrons. The van der Waals surface area contributed by atoms with Crippen molar-refractivity contribution in [2.24, 2.45) is 5.73 Å². The molecule has 0 aromatic heterocycles. The fraction of sp³-hybridized carbons (Fsp3) is 0.286. The van der Waals surface area contributed by atoms with E-state index in [9.17, 15) is 9.59 Å². The van der Waals surface area contributed by atoms with Gasteiger partial charge in [-0.15, -0.1) is 0 Å². The van der Waals surface area contributed by atoms with Crippen LogP contribution < -0.4 is 11.1 Å². The summed E-state index contributed by atoms with van der Waals surface area (Å²) in [5.41, 5.74) is 6.93. The van der Waals surface area contributed by atoms with Crippen LogP contribution in [-0.2, 0) is 9.59 Å². The molecule has 0 heterocycles. The third-order valence-electron chi connectivity index (χ3n) is 3.14. The number of primary amides is 1. The molecule has 1 aliphatic carbocycles. The summed E-state index contributed by atoms with van der Waals surface area (Å²) in [6.07, 6.45) is 2.98. The smallest absolute Gasteiger partial charge is 0.252 e. The molecule has 0 spiro atoms. The number of hydrogen-bond acceptors (Lipinski definition) is 2. The Morgan fingerprint density at radius 2 is 1.63 bits per heavy atom. The van der Waals surface area contributed by atoms with Gasteiger partial charge in [0.2, 0.25) is 5.91 Å². The van der Waals surface area contributed by atoms with Crippen molar-refractivity contribution in [1.82, 2.24) is 0 Å². The van der Waals surface area contributed by atoms with Crippen molar-refractivity contribution in [3.8, 4) is 0 Å². The van der Waals surface area contributed by atoms with Crippen LogP contribution in [0.2, 0.25) is 5.02 Å². The minimum atomic E-state index is -0.499. The molecule has 1 aliphatic rings. The van der Waals surface area contributed by atoms with Crippen molar-refractivity contribution in [3.05, 3.63) is 40.4 Å². The van der Waals surface area contributed by atoms with E-state index >= 15 is 0 Å². The van der Waals surface area contributed by atoms with Crippen LogP contribution in [-0.4, -0.2) is 11.8 Å². The summed E-state index contributed by atoms with van der Waals surface area (Å²) in [4.78, 5) is 23.5. The van der Waals surface area contributed by atoms with Crippen molar-refractivity contribution in [2.45, 2.75) is 25.7 Å². The number of nitrogens with two attached hydrogens (primary N) is 1. The Bertz CT molecular complexity index is 535. The largest absolute Gasteiger partial charge is 0.366 e. The number of anilines is 1. The molecule has 0 atom stereocenters. The third kappa shape index (κ3) is 3.35. The van der Waals surface area contributed by atoms with Gasteiger partial charge in [0.15, 0.2) is 0 Å². The second kappa shape index (κ2) is 5.89. The first-order chi connectivity index (χ1) is 9.08. The Labute approximate surface area is 116 Å². The van der Waals surface area contributed by atoms with Crippen molar-refractivity contribution in [3.63, 3.8) is 0 Å². The lowest BCUT2D eigenvalue weighted by Crippen LogP contribution is -2.24. The van der Waals surface area contributed by atoms with Crippen LogP contribution in [0.3, 0.4) is 0 Å². The Balaban J connectivity index is 2.18. The van der Waals surface area contributed by atoms with Gasteiger partial charge in [-0.05, 0) is 49.9 Å². The molecule has 19 heavy (non-hydrogen) atoms. The monoisotopic (exact) mass is 278 g/mol. The molecule has 0 fully saturated rings. The van der Waals surface area contributed by atoms with E-state index in [2.05, 4.69) is 5.32 Å². The lowest BCUT2D eigenvalue weighted by molar-refractivity contribution is -0.116. The topological polar surface area (TPSA) is 72.2 Å². The fourth-order valence-electron chi connectivity index (χ4n) is 2.17. The summed E-state index contributed by atoms with van der Waals surface area (Å²) < 4.78 is 0. The molecule has 0 saturated carbocycles. The minimum absolute atomic E-state index is 0.254. The maximum absolute atomic E-state index is 12.2. The van der Waals surface area contributed by atoms with Gasteiger partial charge in [0.25, 0.3) is 5.91 Å². The lowest BCUT2D eigenvalue weighted by atomic mass is 9.90. The lowest BCUT2D eigenvalue weighted by Gasteiger charge is -2.17. The van der Waals surface area contributed by atoms with Gasteiger partial charge >= 0.3 is 0 Å². The van der Waals surface area contributed by atoms with E-state index in [1.54, 1.807) is 24.3 Å². The predicted octanol–water partition coefficient (Wildman–Crippen LogP) is 2.63. The van der Waals surface area contributed by atoms with E-state index in [-0.39, 0.29) is 5.91 Å². The number of benzene rings is 1. The number of amides is 2. The van der Waals surface area contributed by atoms with Crippen LogP contribution in [0, 0.1) is 0 Å². The SMILES string of the molecule is NC(=O)C1=C(C(=O)Nc2ccc(Cl)cc2)CCCC1. The number of halogens is 1. The predicted molar refractivity (Wildman–Crippen MR) is 74.8 cm³/mol. The molecule has 1 aromatic carbocycles. The van der Waals surface area contributed by atoms with Gasteiger partial charge < -0.3 is 11.1 Å². The zero-order valence-corrected chi connectivity index (χ0v) is 11.2. The van der Waals surface area contributed by atoms with Gasteiger partial charge in [0.1, 0.15) is 0 Å². The standard InChI is InChI=1S/C14H15ClN2O2/c15-9-5-7-10(8-6-9)17-14(19)12-4-2-1-3-11(12)13(16)18/h5-8H,1-4H2,(H2,16,18)(H,17,19). The zero-order chi connectivity index (χ0) is 13.8. The molecular weight excluding hydrogens is 264 g/mol. The number of rotatable bonds is 3. The Morgan fingerprint density at radius 3 is 2.21 bits per heavy atom. The molecule has 0 radical (unpaired) electrons. The molecule has 0 bridgehead atoms. The van der Waals surface area contributed by atoms with Crippen molar-refractivity contribution < 1.29 is 9.59 Å². The average Bonchev–Trinajstić information content (AvgIpc) is 2.41. The highest BCUT2D eigenvalue weighted by molar-refractivity contribution is 6.30. The van der Waals surface area contributed by atoms with E-state index in [1.165, 1.54) is 0 Å². The van der Waals surface area contributed by atoms with Crippen molar-refractivity contribution in [1.29, 1.82) is 0 Å². The molecule has 0 unspecified atom stereocenters. The normalized spacial score (nSPS) is 15.2. The first kappa shape index (κ1) is 13.6. The average molecular weight is 279 g/mol. The fourth-order valence-corrected chi connectivity index (χ4v) is 2.29. The summed E-state index contributed by atoms with van der Waals surface area (Å²) in [5.74, 6) is -0.753. The highest BCUT2D eigenvalue weighted by atomic mass is 35.5. The van der Waals surface area contributed by atoms with Gasteiger partial charge in [-0.25, -0.2) is 0 Å². The zero-order valence-electron chi connectivity index (χ0n) is 10.4. The highest BCUT2D eigenvalue weighted by Gasteiger charge is 2.22. The van der Waals surface area contributed by atoms with Crippen LogP contribution in [0.25, 0.3) is 0 Å². The summed E-state index contributed by atoms with van der Waals surface area (Å²) in [6, 6.07) is 6.82.